The molecule has 0 aliphatic carbocycles. The average molecular weight is 174 g/mol. The van der Waals surface area contributed by atoms with Crippen molar-refractivity contribution >= 4 is 12.4 Å². The van der Waals surface area contributed by atoms with E-state index in [1.165, 1.54) is 16.6 Å². The zero-order chi connectivity index (χ0) is 9.64. The van der Waals surface area contributed by atoms with E-state index in [2.05, 4.69) is 45.8 Å². The van der Waals surface area contributed by atoms with Crippen molar-refractivity contribution in [2.24, 2.45) is 0 Å². The third-order valence-corrected chi connectivity index (χ3v) is 2.77. The van der Waals surface area contributed by atoms with E-state index in [1.807, 2.05) is 0 Å². The van der Waals surface area contributed by atoms with Crippen LogP contribution in [0.5, 0.6) is 0 Å². The molecule has 0 aromatic heterocycles. The van der Waals surface area contributed by atoms with Gasteiger partial charge in [0.15, 0.2) is 0 Å². The van der Waals surface area contributed by atoms with E-state index in [0.717, 1.165) is 0 Å². The van der Waals surface area contributed by atoms with Gasteiger partial charge < -0.3 is 4.65 Å². The molecule has 68 valence electrons. The predicted octanol–water partition coefficient (Wildman–Crippen LogP) is 2.09. The van der Waals surface area contributed by atoms with Crippen LogP contribution in [-0.4, -0.2) is 6.92 Å². The van der Waals surface area contributed by atoms with Crippen LogP contribution in [0.2, 0.25) is 6.82 Å². The van der Waals surface area contributed by atoms with Gasteiger partial charge in [0.2, 0.25) is 0 Å². The molecule has 0 amide bonds. The van der Waals surface area contributed by atoms with Crippen LogP contribution >= 0.6 is 0 Å². The van der Waals surface area contributed by atoms with E-state index in [-0.39, 0.29) is 12.5 Å². The topological polar surface area (TPSA) is 9.23 Å². The fraction of sp³-hybridized carbons (Fsp3) is 0.455. The minimum Gasteiger partial charge on any atom is -0.422 e. The maximum Gasteiger partial charge on any atom is 0.325 e. The van der Waals surface area contributed by atoms with Gasteiger partial charge in [0.25, 0.3) is 0 Å². The van der Waals surface area contributed by atoms with Gasteiger partial charge in [-0.2, -0.15) is 0 Å². The summed E-state index contributed by atoms with van der Waals surface area (Å²) in [7, 11) is 0. The number of rotatable bonds is 0. The third-order valence-electron chi connectivity index (χ3n) is 2.77. The Bertz CT molecular complexity index is 344. The van der Waals surface area contributed by atoms with Crippen molar-refractivity contribution in [2.45, 2.75) is 33.2 Å². The monoisotopic (exact) mass is 174 g/mol. The maximum atomic E-state index is 5.87. The van der Waals surface area contributed by atoms with Gasteiger partial charge in [-0.15, -0.1) is 0 Å². The highest BCUT2D eigenvalue weighted by Gasteiger charge is 2.37. The molecule has 1 nitrogen and oxygen atoms in total. The number of aryl methyl sites for hydroxylation is 1. The molecule has 1 heterocycles. The van der Waals surface area contributed by atoms with Crippen molar-refractivity contribution in [2.75, 3.05) is 0 Å². The first-order chi connectivity index (χ1) is 6.00. The molecule has 1 aromatic carbocycles. The molecular formula is C11H15BO. The quantitative estimate of drug-likeness (QED) is 0.547. The second kappa shape index (κ2) is 2.61. The molecule has 2 rings (SSSR count). The van der Waals surface area contributed by atoms with Crippen molar-refractivity contribution < 1.29 is 4.65 Å². The molecule has 1 aromatic rings. The maximum absolute atomic E-state index is 5.87. The Morgan fingerprint density at radius 2 is 2.00 bits per heavy atom. The van der Waals surface area contributed by atoms with E-state index in [1.54, 1.807) is 0 Å². The summed E-state index contributed by atoms with van der Waals surface area (Å²) < 4.78 is 5.87. The Kier molecular flexibility index (Phi) is 1.78. The van der Waals surface area contributed by atoms with Crippen LogP contribution in [0.15, 0.2) is 18.2 Å². The Morgan fingerprint density at radius 3 is 2.69 bits per heavy atom. The molecule has 0 fully saturated rings. The van der Waals surface area contributed by atoms with Gasteiger partial charge in [0, 0.05) is 0 Å². The first-order valence-electron chi connectivity index (χ1n) is 4.79. The van der Waals surface area contributed by atoms with Crippen molar-refractivity contribution in [1.82, 2.24) is 0 Å². The van der Waals surface area contributed by atoms with Gasteiger partial charge in [-0.05, 0) is 31.8 Å². The van der Waals surface area contributed by atoms with Crippen molar-refractivity contribution in [3.8, 4) is 0 Å². The highest BCUT2D eigenvalue weighted by atomic mass is 16.5. The Morgan fingerprint density at radius 1 is 1.31 bits per heavy atom. The normalized spacial score (nSPS) is 18.9. The van der Waals surface area contributed by atoms with E-state index in [4.69, 9.17) is 4.65 Å². The van der Waals surface area contributed by atoms with E-state index < -0.39 is 0 Å². The molecule has 0 bridgehead atoms. The van der Waals surface area contributed by atoms with Gasteiger partial charge in [-0.3, -0.25) is 0 Å². The smallest absolute Gasteiger partial charge is 0.325 e. The molecule has 0 radical (unpaired) electrons. The Balaban J connectivity index is 2.60. The first kappa shape index (κ1) is 8.83. The lowest BCUT2D eigenvalue weighted by Gasteiger charge is -2.20. The fourth-order valence-electron chi connectivity index (χ4n) is 2.11. The van der Waals surface area contributed by atoms with E-state index >= 15 is 0 Å². The van der Waals surface area contributed by atoms with Crippen LogP contribution < -0.4 is 5.46 Å². The summed E-state index contributed by atoms with van der Waals surface area (Å²) in [6, 6.07) is 6.57. The molecule has 0 N–H and O–H groups in total. The van der Waals surface area contributed by atoms with E-state index in [0.29, 0.717) is 0 Å². The number of hydrogen-bond donors (Lipinski definition) is 0. The molecule has 0 saturated carbocycles. The molecule has 13 heavy (non-hydrogen) atoms. The number of benzene rings is 1. The van der Waals surface area contributed by atoms with E-state index in [9.17, 15) is 0 Å². The first-order valence-corrected chi connectivity index (χ1v) is 4.79. The Hall–Kier alpha value is -0.755. The van der Waals surface area contributed by atoms with Gasteiger partial charge in [-0.1, -0.05) is 30.6 Å². The van der Waals surface area contributed by atoms with Crippen LogP contribution in [-0.2, 0) is 10.3 Å². The van der Waals surface area contributed by atoms with Gasteiger partial charge in [-0.25, -0.2) is 0 Å². The standard InChI is InChI=1S/C11H15BO/c1-8-5-6-10-9(7-8)11(2,3)13-12(10)4/h5-7H,1-4H3. The van der Waals surface area contributed by atoms with Crippen LogP contribution in [0.3, 0.4) is 0 Å². The molecule has 0 spiro atoms. The molecule has 1 aliphatic rings. The Labute approximate surface area is 80.2 Å². The van der Waals surface area contributed by atoms with Crippen LogP contribution in [0, 0.1) is 6.92 Å². The molecule has 2 heteroatoms. The summed E-state index contributed by atoms with van der Waals surface area (Å²) in [4.78, 5) is 0. The van der Waals surface area contributed by atoms with Crippen molar-refractivity contribution in [3.05, 3.63) is 29.3 Å². The minimum absolute atomic E-state index is 0.110. The summed E-state index contributed by atoms with van der Waals surface area (Å²) in [5.41, 5.74) is 3.89. The molecular weight excluding hydrogens is 159 g/mol. The summed E-state index contributed by atoms with van der Waals surface area (Å²) in [6.45, 7) is 8.75. The van der Waals surface area contributed by atoms with Crippen molar-refractivity contribution in [1.29, 1.82) is 0 Å². The molecule has 0 saturated heterocycles. The lowest BCUT2D eigenvalue weighted by Crippen LogP contribution is -2.24. The summed E-state index contributed by atoms with van der Waals surface area (Å²) in [5.74, 6) is 0. The van der Waals surface area contributed by atoms with Crippen molar-refractivity contribution in [3.63, 3.8) is 0 Å². The molecule has 0 atom stereocenters. The number of hydrogen-bond acceptors (Lipinski definition) is 1. The average Bonchev–Trinajstić information content (AvgIpc) is 2.23. The van der Waals surface area contributed by atoms with Gasteiger partial charge in [0.05, 0.1) is 5.60 Å². The summed E-state index contributed by atoms with van der Waals surface area (Å²) in [5, 5.41) is 0. The largest absolute Gasteiger partial charge is 0.422 e. The lowest BCUT2D eigenvalue weighted by atomic mass is 9.64. The fourth-order valence-corrected chi connectivity index (χ4v) is 2.11. The SMILES string of the molecule is CB1OC(C)(C)c2cc(C)ccc21. The lowest BCUT2D eigenvalue weighted by molar-refractivity contribution is 0.124. The highest BCUT2D eigenvalue weighted by Crippen LogP contribution is 2.30. The zero-order valence-corrected chi connectivity index (χ0v) is 8.72. The highest BCUT2D eigenvalue weighted by molar-refractivity contribution is 6.67. The minimum atomic E-state index is -0.110. The third kappa shape index (κ3) is 1.29. The predicted molar refractivity (Wildman–Crippen MR) is 56.5 cm³/mol. The second-order valence-electron chi connectivity index (χ2n) is 4.36. The summed E-state index contributed by atoms with van der Waals surface area (Å²) >= 11 is 0. The second-order valence-corrected chi connectivity index (χ2v) is 4.36. The van der Waals surface area contributed by atoms with Crippen LogP contribution in [0.4, 0.5) is 0 Å². The van der Waals surface area contributed by atoms with Crippen LogP contribution in [0.25, 0.3) is 0 Å². The summed E-state index contributed by atoms with van der Waals surface area (Å²) in [6.07, 6.45) is 0. The zero-order valence-electron chi connectivity index (χ0n) is 8.72. The molecule has 0 unspecified atom stereocenters. The van der Waals surface area contributed by atoms with Gasteiger partial charge in [0.1, 0.15) is 0 Å². The molecule has 1 aliphatic heterocycles. The van der Waals surface area contributed by atoms with Gasteiger partial charge >= 0.3 is 6.92 Å². The van der Waals surface area contributed by atoms with Crippen LogP contribution in [0.1, 0.15) is 25.0 Å². The number of fused-ring (bicyclic) bond motifs is 1.